The Labute approximate surface area is 170 Å². The van der Waals surface area contributed by atoms with Crippen LogP contribution in [0.15, 0.2) is 36.7 Å². The third-order valence-corrected chi connectivity index (χ3v) is 5.73. The summed E-state index contributed by atoms with van der Waals surface area (Å²) in [6.07, 6.45) is 1.40. The molecule has 3 heterocycles. The molecule has 0 unspecified atom stereocenters. The second-order valence-corrected chi connectivity index (χ2v) is 7.56. The Hall–Kier alpha value is -2.74. The first-order valence-corrected chi connectivity index (χ1v) is 10.1. The minimum Gasteiger partial charge on any atom is -0.368 e. The molecule has 0 spiro atoms. The van der Waals surface area contributed by atoms with Crippen molar-refractivity contribution in [3.05, 3.63) is 48.2 Å². The van der Waals surface area contributed by atoms with E-state index in [0.717, 1.165) is 39.3 Å². The van der Waals surface area contributed by atoms with Crippen LogP contribution in [-0.4, -0.2) is 84.6 Å². The number of nitrogens with zero attached hydrogens (tertiary/aromatic N) is 6. The fraction of sp³-hybridized carbons (Fsp3) is 0.476. The lowest BCUT2D eigenvalue weighted by Crippen LogP contribution is -2.54. The highest BCUT2D eigenvalue weighted by atomic mass is 19.1. The first-order chi connectivity index (χ1) is 14.1. The van der Waals surface area contributed by atoms with Gasteiger partial charge in [-0.1, -0.05) is 18.2 Å². The second-order valence-electron chi connectivity index (χ2n) is 7.56. The van der Waals surface area contributed by atoms with E-state index < -0.39 is 0 Å². The quantitative estimate of drug-likeness (QED) is 0.776. The zero-order valence-corrected chi connectivity index (χ0v) is 16.8. The van der Waals surface area contributed by atoms with Crippen molar-refractivity contribution in [1.82, 2.24) is 19.8 Å². The van der Waals surface area contributed by atoms with E-state index in [4.69, 9.17) is 0 Å². The van der Waals surface area contributed by atoms with Crippen molar-refractivity contribution >= 4 is 17.4 Å². The zero-order chi connectivity index (χ0) is 20.2. The van der Waals surface area contributed by atoms with Crippen LogP contribution in [0.2, 0.25) is 0 Å². The van der Waals surface area contributed by atoms with Gasteiger partial charge in [-0.3, -0.25) is 9.69 Å². The van der Waals surface area contributed by atoms with Crippen molar-refractivity contribution in [3.8, 4) is 0 Å². The first-order valence-electron chi connectivity index (χ1n) is 10.1. The van der Waals surface area contributed by atoms with Gasteiger partial charge in [0.15, 0.2) is 11.6 Å². The maximum Gasteiger partial charge on any atom is 0.236 e. The highest BCUT2D eigenvalue weighted by molar-refractivity contribution is 5.78. The number of aromatic nitrogens is 2. The number of hydrogen-bond acceptors (Lipinski definition) is 6. The van der Waals surface area contributed by atoms with Crippen LogP contribution in [0.1, 0.15) is 5.69 Å². The van der Waals surface area contributed by atoms with Crippen LogP contribution in [0.5, 0.6) is 0 Å². The zero-order valence-electron chi connectivity index (χ0n) is 16.8. The summed E-state index contributed by atoms with van der Waals surface area (Å²) >= 11 is 0. The molecule has 29 heavy (non-hydrogen) atoms. The van der Waals surface area contributed by atoms with Gasteiger partial charge in [0.25, 0.3) is 0 Å². The number of para-hydroxylation sites is 1. The number of aryl methyl sites for hydroxylation is 1. The normalized spacial score (nSPS) is 18.2. The minimum absolute atomic E-state index is 0.176. The van der Waals surface area contributed by atoms with Gasteiger partial charge in [-0.25, -0.2) is 14.4 Å². The van der Waals surface area contributed by atoms with Crippen LogP contribution in [0.25, 0.3) is 0 Å². The molecule has 154 valence electrons. The smallest absolute Gasteiger partial charge is 0.236 e. The molecule has 0 radical (unpaired) electrons. The van der Waals surface area contributed by atoms with Crippen molar-refractivity contribution in [2.45, 2.75) is 6.92 Å². The average molecular weight is 398 g/mol. The molecule has 2 aliphatic rings. The van der Waals surface area contributed by atoms with Crippen LogP contribution < -0.4 is 9.80 Å². The van der Waals surface area contributed by atoms with Gasteiger partial charge in [0.2, 0.25) is 5.91 Å². The lowest BCUT2D eigenvalue weighted by atomic mass is 10.2. The molecule has 1 amide bonds. The molecule has 7 nitrogen and oxygen atoms in total. The van der Waals surface area contributed by atoms with E-state index in [0.29, 0.717) is 31.1 Å². The van der Waals surface area contributed by atoms with Crippen LogP contribution in [-0.2, 0) is 4.79 Å². The largest absolute Gasteiger partial charge is 0.368 e. The predicted molar refractivity (Wildman–Crippen MR) is 111 cm³/mol. The van der Waals surface area contributed by atoms with Crippen LogP contribution in [0, 0.1) is 12.7 Å². The monoisotopic (exact) mass is 398 g/mol. The summed E-state index contributed by atoms with van der Waals surface area (Å²) in [4.78, 5) is 29.1. The third-order valence-electron chi connectivity index (χ3n) is 5.73. The van der Waals surface area contributed by atoms with Gasteiger partial charge in [-0.05, 0) is 19.1 Å². The summed E-state index contributed by atoms with van der Waals surface area (Å²) in [6.45, 7) is 8.03. The van der Waals surface area contributed by atoms with E-state index in [9.17, 15) is 9.18 Å². The van der Waals surface area contributed by atoms with E-state index >= 15 is 0 Å². The molecule has 0 atom stereocenters. The fourth-order valence-corrected chi connectivity index (χ4v) is 3.93. The molecule has 0 saturated carbocycles. The Kier molecular flexibility index (Phi) is 5.89. The molecule has 4 rings (SSSR count). The molecule has 2 fully saturated rings. The van der Waals surface area contributed by atoms with Crippen molar-refractivity contribution in [2.24, 2.45) is 0 Å². The van der Waals surface area contributed by atoms with Gasteiger partial charge >= 0.3 is 0 Å². The Morgan fingerprint density at radius 1 is 0.931 bits per heavy atom. The number of carbonyl (C=O) groups excluding carboxylic acids is 1. The van der Waals surface area contributed by atoms with E-state index in [1.807, 2.05) is 28.0 Å². The van der Waals surface area contributed by atoms with E-state index in [-0.39, 0.29) is 11.7 Å². The summed E-state index contributed by atoms with van der Waals surface area (Å²) in [7, 11) is 0. The standard InChI is InChI=1S/C21H27FN6O/c1-17-20(22)21(24-16-23-17)28-9-7-25(8-10-28)15-19(29)27-13-11-26(12-14-27)18-5-3-2-4-6-18/h2-6,16H,7-15H2,1H3. The van der Waals surface area contributed by atoms with E-state index in [1.165, 1.54) is 12.0 Å². The van der Waals surface area contributed by atoms with Gasteiger partial charge in [-0.2, -0.15) is 0 Å². The molecule has 1 aromatic heterocycles. The topological polar surface area (TPSA) is 55.8 Å². The highest BCUT2D eigenvalue weighted by Crippen LogP contribution is 2.19. The molecule has 0 N–H and O–H groups in total. The number of amides is 1. The van der Waals surface area contributed by atoms with Gasteiger partial charge in [0.1, 0.15) is 6.33 Å². The molecule has 0 bridgehead atoms. The van der Waals surface area contributed by atoms with Gasteiger partial charge < -0.3 is 14.7 Å². The number of carbonyl (C=O) groups is 1. The average Bonchev–Trinajstić information content (AvgIpc) is 2.77. The minimum atomic E-state index is -0.353. The van der Waals surface area contributed by atoms with E-state index in [1.54, 1.807) is 6.92 Å². The van der Waals surface area contributed by atoms with Gasteiger partial charge in [-0.15, -0.1) is 0 Å². The van der Waals surface area contributed by atoms with Crippen LogP contribution in [0.3, 0.4) is 0 Å². The maximum absolute atomic E-state index is 14.2. The summed E-state index contributed by atoms with van der Waals surface area (Å²) in [5.41, 5.74) is 1.57. The van der Waals surface area contributed by atoms with Gasteiger partial charge in [0, 0.05) is 58.0 Å². The molecule has 2 saturated heterocycles. The fourth-order valence-electron chi connectivity index (χ4n) is 3.93. The maximum atomic E-state index is 14.2. The third kappa shape index (κ3) is 4.48. The summed E-state index contributed by atoms with van der Waals surface area (Å²) in [5, 5.41) is 0. The van der Waals surface area contributed by atoms with Crippen LogP contribution in [0.4, 0.5) is 15.9 Å². The number of rotatable bonds is 4. The summed E-state index contributed by atoms with van der Waals surface area (Å²) < 4.78 is 14.2. The van der Waals surface area contributed by atoms with Gasteiger partial charge in [0.05, 0.1) is 12.2 Å². The van der Waals surface area contributed by atoms with Crippen LogP contribution >= 0.6 is 0 Å². The number of halogens is 1. The number of anilines is 2. The molecule has 2 aliphatic heterocycles. The molecular formula is C21H27FN6O. The number of benzene rings is 1. The molecule has 8 heteroatoms. The Balaban J connectivity index is 1.25. The lowest BCUT2D eigenvalue weighted by Gasteiger charge is -2.39. The predicted octanol–water partition coefficient (Wildman–Crippen LogP) is 1.39. The summed E-state index contributed by atoms with van der Waals surface area (Å²) in [6, 6.07) is 10.3. The Morgan fingerprint density at radius 2 is 1.59 bits per heavy atom. The number of hydrogen-bond donors (Lipinski definition) is 0. The Morgan fingerprint density at radius 3 is 2.28 bits per heavy atom. The summed E-state index contributed by atoms with van der Waals surface area (Å²) in [5.74, 6) is 0.184. The highest BCUT2D eigenvalue weighted by Gasteiger charge is 2.26. The molecular weight excluding hydrogens is 371 g/mol. The van der Waals surface area contributed by atoms with E-state index in [2.05, 4.69) is 31.9 Å². The molecule has 1 aromatic carbocycles. The molecule has 2 aromatic rings. The lowest BCUT2D eigenvalue weighted by molar-refractivity contribution is -0.132. The first kappa shape index (κ1) is 19.6. The van der Waals surface area contributed by atoms with Crippen molar-refractivity contribution < 1.29 is 9.18 Å². The second kappa shape index (κ2) is 8.73. The Bertz CT molecular complexity index is 832. The number of piperazine rings is 2. The van der Waals surface area contributed by atoms with Crippen molar-refractivity contribution in [2.75, 3.05) is 68.7 Å². The molecule has 0 aliphatic carbocycles. The van der Waals surface area contributed by atoms with Crippen molar-refractivity contribution in [1.29, 1.82) is 0 Å². The van der Waals surface area contributed by atoms with Crippen molar-refractivity contribution in [3.63, 3.8) is 0 Å². The SMILES string of the molecule is Cc1ncnc(N2CCN(CC(=O)N3CCN(c4ccccc4)CC3)CC2)c1F.